The monoisotopic (exact) mass is 368 g/mol. The first-order chi connectivity index (χ1) is 10.1. The molecule has 0 fully saturated rings. The summed E-state index contributed by atoms with van der Waals surface area (Å²) < 4.78 is 1.18. The van der Waals surface area contributed by atoms with Gasteiger partial charge in [0.25, 0.3) is 0 Å². The fourth-order valence-corrected chi connectivity index (χ4v) is 3.66. The Morgan fingerprint density at radius 3 is 2.48 bits per heavy atom. The lowest BCUT2D eigenvalue weighted by atomic mass is 10.0. The molecule has 2 N–H and O–H groups in total. The topological polar surface area (TPSA) is 49.8 Å². The molecule has 0 bridgehead atoms. The van der Waals surface area contributed by atoms with E-state index in [0.29, 0.717) is 5.92 Å². The highest BCUT2D eigenvalue weighted by Crippen LogP contribution is 2.28. The maximum atomic E-state index is 4.41. The number of anilines is 2. The highest BCUT2D eigenvalue weighted by Gasteiger charge is 2.14. The average molecular weight is 369 g/mol. The molecule has 0 aliphatic rings. The summed E-state index contributed by atoms with van der Waals surface area (Å²) in [4.78, 5) is 10.1. The lowest BCUT2D eigenvalue weighted by molar-refractivity contribution is 0.843. The van der Waals surface area contributed by atoms with Gasteiger partial charge in [-0.3, -0.25) is 0 Å². The molecule has 0 atom stereocenters. The van der Waals surface area contributed by atoms with Crippen molar-refractivity contribution in [2.24, 2.45) is 0 Å². The van der Waals surface area contributed by atoms with E-state index in [4.69, 9.17) is 0 Å². The average Bonchev–Trinajstić information content (AvgIpc) is 2.85. The molecule has 2 rings (SSSR count). The van der Waals surface area contributed by atoms with Crippen LogP contribution < -0.4 is 10.6 Å². The van der Waals surface area contributed by atoms with Gasteiger partial charge in [0.2, 0.25) is 0 Å². The van der Waals surface area contributed by atoms with E-state index >= 15 is 0 Å². The Kier molecular flexibility index (Phi) is 5.99. The largest absolute Gasteiger partial charge is 0.370 e. The van der Waals surface area contributed by atoms with Crippen molar-refractivity contribution in [1.82, 2.24) is 9.97 Å². The quantitative estimate of drug-likeness (QED) is 0.754. The van der Waals surface area contributed by atoms with Crippen LogP contribution in [0, 0.1) is 0 Å². The predicted molar refractivity (Wildman–Crippen MR) is 94.5 cm³/mol. The van der Waals surface area contributed by atoms with E-state index < -0.39 is 0 Å². The molecule has 0 aliphatic heterocycles. The molecule has 0 aromatic carbocycles. The van der Waals surface area contributed by atoms with E-state index in [-0.39, 0.29) is 0 Å². The number of halogens is 1. The minimum absolute atomic E-state index is 0.374. The van der Waals surface area contributed by atoms with Gasteiger partial charge in [-0.1, -0.05) is 13.8 Å². The van der Waals surface area contributed by atoms with Gasteiger partial charge in [-0.15, -0.1) is 11.3 Å². The van der Waals surface area contributed by atoms with Crippen LogP contribution in [-0.2, 0) is 6.42 Å². The Bertz CT molecular complexity index is 583. The molecule has 114 valence electrons. The molecular formula is C15H21BrN4S. The van der Waals surface area contributed by atoms with E-state index in [0.717, 1.165) is 36.7 Å². The van der Waals surface area contributed by atoms with Crippen molar-refractivity contribution >= 4 is 38.9 Å². The van der Waals surface area contributed by atoms with Gasteiger partial charge >= 0.3 is 0 Å². The second-order valence-electron chi connectivity index (χ2n) is 5.05. The zero-order chi connectivity index (χ0) is 15.2. The number of aromatic nitrogens is 2. The first-order valence-electron chi connectivity index (χ1n) is 7.18. The number of thiophene rings is 1. The van der Waals surface area contributed by atoms with Crippen LogP contribution in [0.15, 0.2) is 22.2 Å². The standard InChI is InChI=1S/C15H21BrN4S/c1-4-17-14-13(10(2)3)15(20-9-19-14)18-8-7-11-5-6-12(16)21-11/h5-6,9-10H,4,7-8H2,1-3H3,(H2,17,18,19,20). The molecule has 0 saturated heterocycles. The summed E-state index contributed by atoms with van der Waals surface area (Å²) in [6, 6.07) is 4.25. The Morgan fingerprint density at radius 1 is 1.19 bits per heavy atom. The normalized spacial score (nSPS) is 10.9. The van der Waals surface area contributed by atoms with Gasteiger partial charge in [-0.05, 0) is 47.3 Å². The molecule has 2 heterocycles. The zero-order valence-electron chi connectivity index (χ0n) is 12.6. The zero-order valence-corrected chi connectivity index (χ0v) is 15.0. The molecule has 21 heavy (non-hydrogen) atoms. The third-order valence-electron chi connectivity index (χ3n) is 3.10. The van der Waals surface area contributed by atoms with Crippen molar-refractivity contribution in [3.63, 3.8) is 0 Å². The van der Waals surface area contributed by atoms with Gasteiger partial charge in [0.1, 0.15) is 18.0 Å². The van der Waals surface area contributed by atoms with Crippen LogP contribution in [-0.4, -0.2) is 23.1 Å². The summed E-state index contributed by atoms with van der Waals surface area (Å²) in [5.41, 5.74) is 1.16. The van der Waals surface area contributed by atoms with Gasteiger partial charge in [-0.2, -0.15) is 0 Å². The molecule has 0 amide bonds. The number of rotatable bonds is 7. The lowest BCUT2D eigenvalue weighted by Gasteiger charge is -2.17. The molecule has 2 aromatic rings. The van der Waals surface area contributed by atoms with E-state index in [2.05, 4.69) is 69.4 Å². The van der Waals surface area contributed by atoms with E-state index in [1.807, 2.05) is 0 Å². The van der Waals surface area contributed by atoms with E-state index in [9.17, 15) is 0 Å². The third kappa shape index (κ3) is 4.41. The van der Waals surface area contributed by atoms with Crippen molar-refractivity contribution in [3.05, 3.63) is 32.7 Å². The second-order valence-corrected chi connectivity index (χ2v) is 7.60. The van der Waals surface area contributed by atoms with Crippen molar-refractivity contribution in [3.8, 4) is 0 Å². The summed E-state index contributed by atoms with van der Waals surface area (Å²) in [7, 11) is 0. The molecule has 2 aromatic heterocycles. The number of nitrogens with one attached hydrogen (secondary N) is 2. The summed E-state index contributed by atoms with van der Waals surface area (Å²) in [5.74, 6) is 2.24. The van der Waals surface area contributed by atoms with Gasteiger partial charge < -0.3 is 10.6 Å². The Hall–Kier alpha value is -1.14. The highest BCUT2D eigenvalue weighted by atomic mass is 79.9. The number of hydrogen-bond donors (Lipinski definition) is 2. The SMILES string of the molecule is CCNc1ncnc(NCCc2ccc(Br)s2)c1C(C)C. The fourth-order valence-electron chi connectivity index (χ4n) is 2.18. The van der Waals surface area contributed by atoms with Crippen LogP contribution in [0.25, 0.3) is 0 Å². The van der Waals surface area contributed by atoms with E-state index in [1.165, 1.54) is 8.66 Å². The molecule has 0 aliphatic carbocycles. The lowest BCUT2D eigenvalue weighted by Crippen LogP contribution is -2.12. The molecular weight excluding hydrogens is 348 g/mol. The van der Waals surface area contributed by atoms with Crippen molar-refractivity contribution in [2.75, 3.05) is 23.7 Å². The summed E-state index contributed by atoms with van der Waals surface area (Å²) in [5, 5.41) is 6.77. The molecule has 4 nitrogen and oxygen atoms in total. The van der Waals surface area contributed by atoms with Gasteiger partial charge in [0, 0.05) is 23.5 Å². The van der Waals surface area contributed by atoms with Gasteiger partial charge in [0.05, 0.1) is 3.79 Å². The fraction of sp³-hybridized carbons (Fsp3) is 0.467. The maximum absolute atomic E-state index is 4.41. The first-order valence-corrected chi connectivity index (χ1v) is 8.79. The Balaban J connectivity index is 2.06. The molecule has 0 saturated carbocycles. The first kappa shape index (κ1) is 16.2. The minimum atomic E-state index is 0.374. The number of nitrogens with zero attached hydrogens (tertiary/aromatic N) is 2. The van der Waals surface area contributed by atoms with Crippen molar-refractivity contribution < 1.29 is 0 Å². The van der Waals surface area contributed by atoms with Gasteiger partial charge in [0.15, 0.2) is 0 Å². The van der Waals surface area contributed by atoms with Crippen LogP contribution in [0.5, 0.6) is 0 Å². The number of hydrogen-bond acceptors (Lipinski definition) is 5. The summed E-state index contributed by atoms with van der Waals surface area (Å²) >= 11 is 5.27. The summed E-state index contributed by atoms with van der Waals surface area (Å²) in [6.07, 6.45) is 2.61. The summed E-state index contributed by atoms with van der Waals surface area (Å²) in [6.45, 7) is 8.14. The second kappa shape index (κ2) is 7.75. The molecule has 0 radical (unpaired) electrons. The molecule has 6 heteroatoms. The Morgan fingerprint density at radius 2 is 1.90 bits per heavy atom. The van der Waals surface area contributed by atoms with Crippen LogP contribution in [0.4, 0.5) is 11.6 Å². The predicted octanol–water partition coefficient (Wildman–Crippen LogP) is 4.51. The third-order valence-corrected chi connectivity index (χ3v) is 4.78. The molecule has 0 spiro atoms. The van der Waals surface area contributed by atoms with E-state index in [1.54, 1.807) is 17.7 Å². The van der Waals surface area contributed by atoms with Gasteiger partial charge in [-0.25, -0.2) is 9.97 Å². The molecule has 0 unspecified atom stereocenters. The maximum Gasteiger partial charge on any atom is 0.134 e. The van der Waals surface area contributed by atoms with Crippen molar-refractivity contribution in [1.29, 1.82) is 0 Å². The smallest absolute Gasteiger partial charge is 0.134 e. The van der Waals surface area contributed by atoms with Crippen molar-refractivity contribution in [2.45, 2.75) is 33.1 Å². The highest BCUT2D eigenvalue weighted by molar-refractivity contribution is 9.11. The minimum Gasteiger partial charge on any atom is -0.370 e. The van der Waals surface area contributed by atoms with Crippen LogP contribution >= 0.6 is 27.3 Å². The van der Waals surface area contributed by atoms with Crippen LogP contribution in [0.1, 0.15) is 37.1 Å². The van der Waals surface area contributed by atoms with Crippen LogP contribution in [0.2, 0.25) is 0 Å². The van der Waals surface area contributed by atoms with Crippen LogP contribution in [0.3, 0.4) is 0 Å². The Labute approximate surface area is 138 Å².